The summed E-state index contributed by atoms with van der Waals surface area (Å²) in [6.45, 7) is 0. The molecule has 0 radical (unpaired) electrons. The van der Waals surface area contributed by atoms with Crippen LogP contribution < -0.4 is 4.74 Å². The summed E-state index contributed by atoms with van der Waals surface area (Å²) in [7, 11) is 1.72. The Morgan fingerprint density at radius 1 is 1.11 bits per heavy atom. The zero-order valence-corrected chi connectivity index (χ0v) is 11.4. The van der Waals surface area contributed by atoms with E-state index < -0.39 is 0 Å². The third-order valence-electron chi connectivity index (χ3n) is 3.65. The molecule has 19 heavy (non-hydrogen) atoms. The first-order valence-electron chi connectivity index (χ1n) is 6.28. The molecule has 0 aliphatic carbocycles. The van der Waals surface area contributed by atoms with Crippen molar-refractivity contribution in [1.82, 2.24) is 4.98 Å². The topological polar surface area (TPSA) is 25.0 Å². The molecule has 3 heteroatoms. The molecule has 2 heterocycles. The van der Waals surface area contributed by atoms with E-state index in [-0.39, 0.29) is 0 Å². The van der Waals surface area contributed by atoms with Crippen molar-refractivity contribution in [2.45, 2.75) is 10.6 Å². The highest BCUT2D eigenvalue weighted by Crippen LogP contribution is 2.45. The van der Waals surface area contributed by atoms with Crippen molar-refractivity contribution >= 4 is 22.7 Å². The van der Waals surface area contributed by atoms with Crippen LogP contribution in [0.5, 0.6) is 5.75 Å². The van der Waals surface area contributed by atoms with Crippen LogP contribution in [-0.4, -0.2) is 12.1 Å². The zero-order valence-electron chi connectivity index (χ0n) is 10.6. The molecule has 1 N–H and O–H groups in total. The van der Waals surface area contributed by atoms with Crippen LogP contribution in [0.3, 0.4) is 0 Å². The minimum absolute atomic E-state index is 0.911. The van der Waals surface area contributed by atoms with E-state index in [2.05, 4.69) is 41.4 Å². The summed E-state index contributed by atoms with van der Waals surface area (Å²) in [6.07, 6.45) is 0. The summed E-state index contributed by atoms with van der Waals surface area (Å²) in [5.74, 6) is 1.92. The molecular formula is C16H13NOS. The number of para-hydroxylation sites is 1. The monoisotopic (exact) mass is 267 g/mol. The largest absolute Gasteiger partial charge is 0.495 e. The number of methoxy groups -OCH3 is 1. The highest BCUT2D eigenvalue weighted by molar-refractivity contribution is 7.98. The van der Waals surface area contributed by atoms with Gasteiger partial charge in [0.1, 0.15) is 5.75 Å². The fraction of sp³-hybridized carbons (Fsp3) is 0.125. The quantitative estimate of drug-likeness (QED) is 0.704. The van der Waals surface area contributed by atoms with E-state index in [9.17, 15) is 0 Å². The lowest BCUT2D eigenvalue weighted by atomic mass is 10.1. The average molecular weight is 267 g/mol. The molecule has 1 aromatic heterocycles. The number of aromatic nitrogens is 1. The molecule has 0 amide bonds. The minimum Gasteiger partial charge on any atom is -0.495 e. The van der Waals surface area contributed by atoms with Crippen LogP contribution in [0, 0.1) is 0 Å². The molecule has 0 saturated carbocycles. The predicted molar refractivity (Wildman–Crippen MR) is 79.8 cm³/mol. The first kappa shape index (κ1) is 11.0. The SMILES string of the molecule is COc1cccc2c3c([nH]c12)-c1ccccc1SC3. The Hall–Kier alpha value is -1.87. The second kappa shape index (κ2) is 4.07. The van der Waals surface area contributed by atoms with E-state index in [0.29, 0.717) is 0 Å². The van der Waals surface area contributed by atoms with E-state index >= 15 is 0 Å². The van der Waals surface area contributed by atoms with Gasteiger partial charge in [-0.25, -0.2) is 0 Å². The second-order valence-corrected chi connectivity index (χ2v) is 5.66. The minimum atomic E-state index is 0.911. The van der Waals surface area contributed by atoms with Crippen LogP contribution in [0.2, 0.25) is 0 Å². The lowest BCUT2D eigenvalue weighted by molar-refractivity contribution is 0.419. The van der Waals surface area contributed by atoms with Gasteiger partial charge in [-0.05, 0) is 17.7 Å². The van der Waals surface area contributed by atoms with Crippen molar-refractivity contribution in [3.8, 4) is 17.0 Å². The van der Waals surface area contributed by atoms with E-state index in [0.717, 1.165) is 17.0 Å². The highest BCUT2D eigenvalue weighted by Gasteiger charge is 2.21. The van der Waals surface area contributed by atoms with E-state index in [1.54, 1.807) is 7.11 Å². The molecular weight excluding hydrogens is 254 g/mol. The van der Waals surface area contributed by atoms with Crippen molar-refractivity contribution < 1.29 is 4.74 Å². The molecule has 1 aliphatic rings. The van der Waals surface area contributed by atoms with Gasteiger partial charge >= 0.3 is 0 Å². The number of rotatable bonds is 1. The van der Waals surface area contributed by atoms with E-state index in [1.165, 1.54) is 27.1 Å². The standard InChI is InChI=1S/C16H13NOS/c1-18-13-7-4-6-10-12-9-19-14-8-3-2-5-11(14)15(12)17-16(10)13/h2-8,17H,9H2,1H3. The number of ether oxygens (including phenoxy) is 1. The van der Waals surface area contributed by atoms with Gasteiger partial charge in [0.05, 0.1) is 18.3 Å². The van der Waals surface area contributed by atoms with Crippen LogP contribution in [0.1, 0.15) is 5.56 Å². The van der Waals surface area contributed by atoms with Crippen molar-refractivity contribution in [2.75, 3.05) is 7.11 Å². The maximum absolute atomic E-state index is 5.46. The van der Waals surface area contributed by atoms with Crippen LogP contribution in [0.4, 0.5) is 0 Å². The van der Waals surface area contributed by atoms with E-state index in [1.807, 2.05) is 17.8 Å². The number of benzene rings is 2. The van der Waals surface area contributed by atoms with E-state index in [4.69, 9.17) is 4.74 Å². The zero-order chi connectivity index (χ0) is 12.8. The fourth-order valence-corrected chi connectivity index (χ4v) is 3.85. The molecule has 94 valence electrons. The summed E-state index contributed by atoms with van der Waals surface area (Å²) in [4.78, 5) is 4.90. The number of fused-ring (bicyclic) bond motifs is 5. The molecule has 0 fully saturated rings. The third-order valence-corrected chi connectivity index (χ3v) is 4.75. The highest BCUT2D eigenvalue weighted by atomic mass is 32.2. The van der Waals surface area contributed by atoms with Gasteiger partial charge < -0.3 is 9.72 Å². The second-order valence-electron chi connectivity index (χ2n) is 4.65. The van der Waals surface area contributed by atoms with Gasteiger partial charge in [-0.15, -0.1) is 11.8 Å². The van der Waals surface area contributed by atoms with Gasteiger partial charge in [0.25, 0.3) is 0 Å². The van der Waals surface area contributed by atoms with Crippen molar-refractivity contribution in [3.63, 3.8) is 0 Å². The van der Waals surface area contributed by atoms with Crippen LogP contribution >= 0.6 is 11.8 Å². The number of hydrogen-bond acceptors (Lipinski definition) is 2. The Labute approximate surface area is 115 Å². The normalized spacial score (nSPS) is 13.1. The molecule has 1 aliphatic heterocycles. The van der Waals surface area contributed by atoms with Crippen LogP contribution in [0.25, 0.3) is 22.2 Å². The first-order chi connectivity index (χ1) is 9.38. The summed E-state index contributed by atoms with van der Waals surface area (Å²) in [6, 6.07) is 14.8. The van der Waals surface area contributed by atoms with Gasteiger partial charge in [-0.1, -0.05) is 30.3 Å². The molecule has 0 atom stereocenters. The Morgan fingerprint density at radius 2 is 2.00 bits per heavy atom. The van der Waals surface area contributed by atoms with Crippen LogP contribution in [0.15, 0.2) is 47.4 Å². The summed E-state index contributed by atoms with van der Waals surface area (Å²) in [5, 5.41) is 1.27. The van der Waals surface area contributed by atoms with Gasteiger partial charge in [0.15, 0.2) is 0 Å². The van der Waals surface area contributed by atoms with Gasteiger partial charge in [-0.3, -0.25) is 0 Å². The number of nitrogens with one attached hydrogen (secondary N) is 1. The number of hydrogen-bond donors (Lipinski definition) is 1. The smallest absolute Gasteiger partial charge is 0.142 e. The Morgan fingerprint density at radius 3 is 2.89 bits per heavy atom. The number of H-pyrrole nitrogens is 1. The molecule has 2 nitrogen and oxygen atoms in total. The van der Waals surface area contributed by atoms with Crippen molar-refractivity contribution in [2.24, 2.45) is 0 Å². The number of aromatic amines is 1. The fourth-order valence-electron chi connectivity index (χ4n) is 2.75. The Bertz CT molecular complexity index is 776. The molecule has 3 aromatic rings. The maximum atomic E-state index is 5.46. The Kier molecular flexibility index (Phi) is 2.35. The Balaban J connectivity index is 2.07. The third kappa shape index (κ3) is 1.51. The van der Waals surface area contributed by atoms with Gasteiger partial charge in [0, 0.05) is 21.6 Å². The molecule has 0 spiro atoms. The molecule has 4 rings (SSSR count). The van der Waals surface area contributed by atoms with Crippen molar-refractivity contribution in [3.05, 3.63) is 48.0 Å². The average Bonchev–Trinajstić information content (AvgIpc) is 2.86. The summed E-state index contributed by atoms with van der Waals surface area (Å²) < 4.78 is 5.46. The lowest BCUT2D eigenvalue weighted by Crippen LogP contribution is -1.93. The summed E-state index contributed by atoms with van der Waals surface area (Å²) >= 11 is 1.90. The van der Waals surface area contributed by atoms with Gasteiger partial charge in [0.2, 0.25) is 0 Å². The predicted octanol–water partition coefficient (Wildman–Crippen LogP) is 4.45. The molecule has 0 bridgehead atoms. The first-order valence-corrected chi connectivity index (χ1v) is 7.27. The van der Waals surface area contributed by atoms with Gasteiger partial charge in [-0.2, -0.15) is 0 Å². The summed E-state index contributed by atoms with van der Waals surface area (Å²) in [5.41, 5.74) is 5.03. The van der Waals surface area contributed by atoms with Crippen molar-refractivity contribution in [1.29, 1.82) is 0 Å². The molecule has 2 aromatic carbocycles. The maximum Gasteiger partial charge on any atom is 0.142 e. The molecule has 0 saturated heterocycles. The lowest BCUT2D eigenvalue weighted by Gasteiger charge is -2.15. The molecule has 0 unspecified atom stereocenters. The van der Waals surface area contributed by atoms with Crippen LogP contribution in [-0.2, 0) is 5.75 Å². The number of thioether (sulfide) groups is 1.